The molecule has 0 amide bonds. The lowest BCUT2D eigenvalue weighted by molar-refractivity contribution is -0.124. The highest BCUT2D eigenvalue weighted by Crippen LogP contribution is 2.25. The van der Waals surface area contributed by atoms with E-state index < -0.39 is 0 Å². The normalized spacial score (nSPS) is 20.2. The van der Waals surface area contributed by atoms with E-state index in [2.05, 4.69) is 42.5 Å². The minimum atomic E-state index is 0.264. The van der Waals surface area contributed by atoms with Crippen molar-refractivity contribution in [3.8, 4) is 0 Å². The van der Waals surface area contributed by atoms with Crippen molar-refractivity contribution in [2.24, 2.45) is 5.92 Å². The van der Waals surface area contributed by atoms with Crippen LogP contribution in [0.2, 0.25) is 0 Å². The van der Waals surface area contributed by atoms with E-state index in [1.807, 2.05) is 0 Å². The van der Waals surface area contributed by atoms with E-state index in [4.69, 9.17) is 0 Å². The van der Waals surface area contributed by atoms with E-state index in [9.17, 15) is 4.79 Å². The number of hydrogen-bond donors (Lipinski definition) is 0. The van der Waals surface area contributed by atoms with Crippen molar-refractivity contribution in [1.82, 2.24) is 0 Å². The van der Waals surface area contributed by atoms with Crippen LogP contribution in [0.15, 0.2) is 42.5 Å². The van der Waals surface area contributed by atoms with E-state index in [1.165, 1.54) is 22.8 Å². The summed E-state index contributed by atoms with van der Waals surface area (Å²) in [5.41, 5.74) is 1.30. The molecule has 0 N–H and O–H groups in total. The molecule has 0 bridgehead atoms. The lowest BCUT2D eigenvalue weighted by Crippen LogP contribution is -2.20. The maximum Gasteiger partial charge on any atom is 0.136 e. The Morgan fingerprint density at radius 2 is 1.83 bits per heavy atom. The summed E-state index contributed by atoms with van der Waals surface area (Å²) in [6.45, 7) is 0. The Morgan fingerprint density at radius 3 is 2.67 bits per heavy atom. The average molecular weight is 238 g/mol. The smallest absolute Gasteiger partial charge is 0.136 e. The summed E-state index contributed by atoms with van der Waals surface area (Å²) in [7, 11) is 0. The van der Waals surface area contributed by atoms with Gasteiger partial charge in [0.1, 0.15) is 5.78 Å². The number of fused-ring (bicyclic) bond motifs is 1. The quantitative estimate of drug-likeness (QED) is 0.768. The third-order valence-corrected chi connectivity index (χ3v) is 3.98. The minimum Gasteiger partial charge on any atom is -0.299 e. The molecule has 1 fully saturated rings. The summed E-state index contributed by atoms with van der Waals surface area (Å²) in [6.07, 6.45) is 5.09. The molecule has 3 rings (SSSR count). The van der Waals surface area contributed by atoms with Crippen LogP contribution in [0.5, 0.6) is 0 Å². The van der Waals surface area contributed by atoms with Gasteiger partial charge in [0.15, 0.2) is 0 Å². The summed E-state index contributed by atoms with van der Waals surface area (Å²) in [4.78, 5) is 11.9. The number of Topliss-reactive ketones (excluding diaryl/α,β-unsaturated/α-hetero) is 1. The molecule has 2 aromatic carbocycles. The molecule has 1 aliphatic carbocycles. The van der Waals surface area contributed by atoms with E-state index in [0.29, 0.717) is 5.78 Å². The largest absolute Gasteiger partial charge is 0.299 e. The van der Waals surface area contributed by atoms with E-state index in [1.54, 1.807) is 0 Å². The van der Waals surface area contributed by atoms with Crippen molar-refractivity contribution in [1.29, 1.82) is 0 Å². The maximum atomic E-state index is 11.9. The number of ketones is 1. The molecule has 1 saturated carbocycles. The van der Waals surface area contributed by atoms with Gasteiger partial charge in [-0.25, -0.2) is 0 Å². The van der Waals surface area contributed by atoms with Gasteiger partial charge in [-0.2, -0.15) is 0 Å². The lowest BCUT2D eigenvalue weighted by atomic mass is 9.83. The minimum absolute atomic E-state index is 0.264. The molecule has 0 heterocycles. The van der Waals surface area contributed by atoms with Gasteiger partial charge in [0, 0.05) is 12.3 Å². The second kappa shape index (κ2) is 4.93. The lowest BCUT2D eigenvalue weighted by Gasteiger charge is -2.20. The van der Waals surface area contributed by atoms with Crippen LogP contribution in [-0.2, 0) is 11.2 Å². The summed E-state index contributed by atoms with van der Waals surface area (Å²) < 4.78 is 0. The van der Waals surface area contributed by atoms with Crippen LogP contribution < -0.4 is 0 Å². The van der Waals surface area contributed by atoms with Crippen molar-refractivity contribution in [2.75, 3.05) is 0 Å². The molecule has 0 spiro atoms. The van der Waals surface area contributed by atoms with E-state index >= 15 is 0 Å². The number of carbonyl (C=O) groups excluding carboxylic acids is 1. The maximum absolute atomic E-state index is 11.9. The molecule has 1 nitrogen and oxygen atoms in total. The summed E-state index contributed by atoms with van der Waals surface area (Å²) >= 11 is 0. The summed E-state index contributed by atoms with van der Waals surface area (Å²) in [6, 6.07) is 15.0. The van der Waals surface area contributed by atoms with Crippen molar-refractivity contribution in [3.05, 3.63) is 48.0 Å². The number of carbonyl (C=O) groups is 1. The molecule has 1 heteroatoms. The summed E-state index contributed by atoms with van der Waals surface area (Å²) in [5.74, 6) is 0.731. The fourth-order valence-corrected chi connectivity index (χ4v) is 2.92. The Labute approximate surface area is 108 Å². The second-order valence-corrected chi connectivity index (χ2v) is 5.29. The Kier molecular flexibility index (Phi) is 3.14. The fraction of sp³-hybridized carbons (Fsp3) is 0.353. The Morgan fingerprint density at radius 1 is 1.00 bits per heavy atom. The highest BCUT2D eigenvalue weighted by atomic mass is 16.1. The highest BCUT2D eigenvalue weighted by Gasteiger charge is 2.22. The van der Waals surface area contributed by atoms with Crippen molar-refractivity contribution in [2.45, 2.75) is 32.1 Å². The SMILES string of the molecule is O=C1CCCC[C@H]1Cc1ccc2ccccc2c1. The second-order valence-electron chi connectivity index (χ2n) is 5.29. The first-order chi connectivity index (χ1) is 8.83. The zero-order valence-corrected chi connectivity index (χ0v) is 10.6. The van der Waals surface area contributed by atoms with Gasteiger partial charge in [-0.3, -0.25) is 4.79 Å². The highest BCUT2D eigenvalue weighted by molar-refractivity contribution is 5.84. The van der Waals surface area contributed by atoms with Crippen molar-refractivity contribution < 1.29 is 4.79 Å². The molecule has 92 valence electrons. The van der Waals surface area contributed by atoms with Crippen LogP contribution in [0.1, 0.15) is 31.2 Å². The van der Waals surface area contributed by atoms with E-state index in [0.717, 1.165) is 25.7 Å². The fourth-order valence-electron chi connectivity index (χ4n) is 2.92. The standard InChI is InChI=1S/C17H18O/c18-17-8-4-3-7-16(17)12-13-9-10-14-5-1-2-6-15(14)11-13/h1-2,5-6,9-11,16H,3-4,7-8,12H2/t16-/m0/s1. The van der Waals surface area contributed by atoms with Crippen molar-refractivity contribution in [3.63, 3.8) is 0 Å². The molecule has 0 aliphatic heterocycles. The van der Waals surface area contributed by atoms with Gasteiger partial charge in [-0.05, 0) is 35.6 Å². The third-order valence-electron chi connectivity index (χ3n) is 3.98. The molecule has 1 aliphatic rings. The number of rotatable bonds is 2. The number of benzene rings is 2. The predicted molar refractivity (Wildman–Crippen MR) is 74.6 cm³/mol. The van der Waals surface area contributed by atoms with Crippen LogP contribution in [0.25, 0.3) is 10.8 Å². The molecule has 2 aromatic rings. The van der Waals surface area contributed by atoms with Gasteiger partial charge in [-0.15, -0.1) is 0 Å². The monoisotopic (exact) mass is 238 g/mol. The first-order valence-corrected chi connectivity index (χ1v) is 6.83. The average Bonchev–Trinajstić information content (AvgIpc) is 2.41. The Balaban J connectivity index is 1.83. The molecule has 18 heavy (non-hydrogen) atoms. The summed E-state index contributed by atoms with van der Waals surface area (Å²) in [5, 5.41) is 2.55. The third kappa shape index (κ3) is 2.31. The molecule has 0 unspecified atom stereocenters. The Hall–Kier alpha value is -1.63. The topological polar surface area (TPSA) is 17.1 Å². The van der Waals surface area contributed by atoms with Gasteiger partial charge >= 0.3 is 0 Å². The van der Waals surface area contributed by atoms with E-state index in [-0.39, 0.29) is 5.92 Å². The van der Waals surface area contributed by atoms with Crippen LogP contribution in [0.4, 0.5) is 0 Å². The first kappa shape index (κ1) is 11.5. The van der Waals surface area contributed by atoms with Gasteiger partial charge in [0.05, 0.1) is 0 Å². The van der Waals surface area contributed by atoms with Gasteiger partial charge < -0.3 is 0 Å². The molecular formula is C17H18O. The molecule has 0 radical (unpaired) electrons. The Bertz CT molecular complexity index is 571. The zero-order valence-electron chi connectivity index (χ0n) is 10.6. The number of hydrogen-bond acceptors (Lipinski definition) is 1. The molecule has 1 atom stereocenters. The van der Waals surface area contributed by atoms with Crippen LogP contribution >= 0.6 is 0 Å². The van der Waals surface area contributed by atoms with Gasteiger partial charge in [0.25, 0.3) is 0 Å². The molecular weight excluding hydrogens is 220 g/mol. The predicted octanol–water partition coefficient (Wildman–Crippen LogP) is 4.14. The van der Waals surface area contributed by atoms with Gasteiger partial charge in [-0.1, -0.05) is 48.9 Å². The molecule has 0 saturated heterocycles. The van der Waals surface area contributed by atoms with Crippen LogP contribution in [0.3, 0.4) is 0 Å². The zero-order chi connectivity index (χ0) is 12.4. The first-order valence-electron chi connectivity index (χ1n) is 6.83. The van der Waals surface area contributed by atoms with Crippen molar-refractivity contribution >= 4 is 16.6 Å². The van der Waals surface area contributed by atoms with Gasteiger partial charge in [0.2, 0.25) is 0 Å². The molecule has 0 aromatic heterocycles. The van der Waals surface area contributed by atoms with Crippen LogP contribution in [0, 0.1) is 5.92 Å². The van der Waals surface area contributed by atoms with Crippen LogP contribution in [-0.4, -0.2) is 5.78 Å².